The van der Waals surface area contributed by atoms with Gasteiger partial charge < -0.3 is 4.74 Å². The Morgan fingerprint density at radius 2 is 1.89 bits per heavy atom. The first kappa shape index (κ1) is 26.2. The number of hydrogen-bond donors (Lipinski definition) is 0. The van der Waals surface area contributed by atoms with E-state index in [1.54, 1.807) is 25.1 Å². The first-order valence-electron chi connectivity index (χ1n) is 11.6. The number of aryl methyl sites for hydroxylation is 1. The molecule has 1 saturated heterocycles. The summed E-state index contributed by atoms with van der Waals surface area (Å²) in [5.41, 5.74) is 0.852. The van der Waals surface area contributed by atoms with E-state index in [4.69, 9.17) is 0 Å². The van der Waals surface area contributed by atoms with E-state index in [1.165, 1.54) is 12.1 Å². The number of rotatable bonds is 6. The monoisotopic (exact) mass is 514 g/mol. The van der Waals surface area contributed by atoms with Crippen molar-refractivity contribution in [1.82, 2.24) is 15.2 Å². The number of pyridine rings is 1. The molecule has 1 amide bonds. The molecule has 0 bridgehead atoms. The number of allylic oxidation sites excluding steroid dienone is 4. The Labute approximate surface area is 211 Å². The second-order valence-corrected chi connectivity index (χ2v) is 9.69. The zero-order valence-corrected chi connectivity index (χ0v) is 20.6. The van der Waals surface area contributed by atoms with Crippen molar-refractivity contribution in [2.24, 2.45) is 17.3 Å². The fourth-order valence-electron chi connectivity index (χ4n) is 4.32. The van der Waals surface area contributed by atoms with E-state index in [1.807, 2.05) is 6.08 Å². The summed E-state index contributed by atoms with van der Waals surface area (Å²) in [4.78, 5) is 44.7. The third kappa shape index (κ3) is 5.16. The van der Waals surface area contributed by atoms with Crippen LogP contribution in [0.1, 0.15) is 44.5 Å². The fraction of sp³-hybridized carbons (Fsp3) is 0.385. The normalized spacial score (nSPS) is 24.0. The summed E-state index contributed by atoms with van der Waals surface area (Å²) in [6, 6.07) is 4.08. The molecule has 0 aromatic carbocycles. The molecule has 0 spiro atoms. The largest absolute Gasteiger partial charge is 0.574 e. The molecule has 194 valence electrons. The smallest absolute Gasteiger partial charge is 0.388 e. The molecule has 3 atom stereocenters. The number of anilines is 1. The molecule has 1 fully saturated rings. The molecule has 2 aromatic rings. The Morgan fingerprint density at radius 3 is 2.41 bits per heavy atom. The van der Waals surface area contributed by atoms with Gasteiger partial charge in [0.05, 0.1) is 11.7 Å². The molecule has 3 unspecified atom stereocenters. The number of carbonyl (C=O) groups excluding carboxylic acids is 3. The number of hydrogen-bond acceptors (Lipinski definition) is 7. The van der Waals surface area contributed by atoms with Crippen LogP contribution in [-0.4, -0.2) is 39.0 Å². The number of ketones is 2. The molecule has 8 nitrogen and oxygen atoms in total. The van der Waals surface area contributed by atoms with Gasteiger partial charge >= 0.3 is 6.36 Å². The van der Waals surface area contributed by atoms with Gasteiger partial charge in [0, 0.05) is 17.8 Å². The summed E-state index contributed by atoms with van der Waals surface area (Å²) in [6.45, 7) is 7.89. The SMILES string of the molecule is Cc1ccc(N2C(=O)C(=O)C(C(=O)C3=CCC(C)(C(C)C)C=C3)C2c2ccc(OC(F)(F)F)nc2)nn1. The topological polar surface area (TPSA) is 102 Å². The molecule has 2 aliphatic rings. The molecule has 0 saturated carbocycles. The van der Waals surface area contributed by atoms with Crippen molar-refractivity contribution in [3.63, 3.8) is 0 Å². The molecule has 11 heteroatoms. The summed E-state index contributed by atoms with van der Waals surface area (Å²) in [7, 11) is 0. The van der Waals surface area contributed by atoms with Gasteiger partial charge in [-0.15, -0.1) is 18.3 Å². The van der Waals surface area contributed by atoms with E-state index in [9.17, 15) is 27.6 Å². The minimum absolute atomic E-state index is 0.0282. The van der Waals surface area contributed by atoms with E-state index in [2.05, 4.69) is 40.7 Å². The lowest BCUT2D eigenvalue weighted by molar-refractivity contribution is -0.276. The van der Waals surface area contributed by atoms with Gasteiger partial charge in [0.1, 0.15) is 5.92 Å². The van der Waals surface area contributed by atoms with E-state index < -0.39 is 41.7 Å². The predicted octanol–water partition coefficient (Wildman–Crippen LogP) is 4.47. The Kier molecular flexibility index (Phi) is 6.74. The molecule has 0 radical (unpaired) electrons. The molecule has 2 aromatic heterocycles. The highest BCUT2D eigenvalue weighted by atomic mass is 19.4. The number of nitrogens with zero attached hydrogens (tertiary/aromatic N) is 4. The molecule has 1 aliphatic heterocycles. The molecule has 37 heavy (non-hydrogen) atoms. The quantitative estimate of drug-likeness (QED) is 0.414. The Balaban J connectivity index is 1.75. The summed E-state index contributed by atoms with van der Waals surface area (Å²) in [5.74, 6) is -4.32. The van der Waals surface area contributed by atoms with Gasteiger partial charge in [-0.2, -0.15) is 5.10 Å². The van der Waals surface area contributed by atoms with E-state index in [-0.39, 0.29) is 22.4 Å². The van der Waals surface area contributed by atoms with Crippen LogP contribution in [0.2, 0.25) is 0 Å². The average Bonchev–Trinajstić information content (AvgIpc) is 3.09. The second kappa shape index (κ2) is 9.53. The zero-order chi connectivity index (χ0) is 27.1. The Morgan fingerprint density at radius 1 is 1.16 bits per heavy atom. The third-order valence-corrected chi connectivity index (χ3v) is 6.95. The zero-order valence-electron chi connectivity index (χ0n) is 20.6. The predicted molar refractivity (Wildman–Crippen MR) is 126 cm³/mol. The highest BCUT2D eigenvalue weighted by Gasteiger charge is 2.53. The number of halogens is 3. The number of aromatic nitrogens is 3. The first-order chi connectivity index (χ1) is 17.3. The highest BCUT2D eigenvalue weighted by molar-refractivity contribution is 6.49. The molecular formula is C26H25F3N4O4. The maximum absolute atomic E-state index is 13.7. The number of Topliss-reactive ketones (excluding diaryl/α,β-unsaturated/α-hetero) is 2. The van der Waals surface area contributed by atoms with Crippen LogP contribution in [0.3, 0.4) is 0 Å². The maximum atomic E-state index is 13.7. The van der Waals surface area contributed by atoms with Crippen molar-refractivity contribution in [1.29, 1.82) is 0 Å². The summed E-state index contributed by atoms with van der Waals surface area (Å²) < 4.78 is 41.6. The number of alkyl halides is 3. The molecule has 4 rings (SSSR count). The number of amides is 1. The van der Waals surface area contributed by atoms with Gasteiger partial charge in [-0.25, -0.2) is 4.98 Å². The minimum atomic E-state index is -4.94. The van der Waals surface area contributed by atoms with Gasteiger partial charge in [0.15, 0.2) is 11.6 Å². The fourth-order valence-corrected chi connectivity index (χ4v) is 4.32. The standard InChI is InChI=1S/C26H25F3N4O4/c1-14(2)25(4)11-9-16(10-12-25)22(34)20-21(17-6-8-19(30-13-17)37-26(27,28)29)33(24(36)23(20)35)18-7-5-15(3)31-32-18/h5-11,13-14,20-21H,12H2,1-4H3. The minimum Gasteiger partial charge on any atom is -0.388 e. The van der Waals surface area contributed by atoms with Crippen molar-refractivity contribution in [2.45, 2.75) is 46.5 Å². The molecule has 0 N–H and O–H groups in total. The lowest BCUT2D eigenvalue weighted by atomic mass is 9.72. The molecular weight excluding hydrogens is 489 g/mol. The Bertz CT molecular complexity index is 1290. The van der Waals surface area contributed by atoms with Crippen LogP contribution in [0.15, 0.2) is 54.3 Å². The van der Waals surface area contributed by atoms with Gasteiger partial charge in [0.25, 0.3) is 5.91 Å². The van der Waals surface area contributed by atoms with Crippen LogP contribution in [0.25, 0.3) is 0 Å². The Hall–Kier alpha value is -3.89. The van der Waals surface area contributed by atoms with Gasteiger partial charge in [-0.1, -0.05) is 39.0 Å². The summed E-state index contributed by atoms with van der Waals surface area (Å²) in [6.07, 6.45) is 2.01. The maximum Gasteiger partial charge on any atom is 0.574 e. The van der Waals surface area contributed by atoms with Crippen molar-refractivity contribution in [3.8, 4) is 5.88 Å². The van der Waals surface area contributed by atoms with Crippen LogP contribution in [0.4, 0.5) is 19.0 Å². The third-order valence-electron chi connectivity index (χ3n) is 6.95. The number of carbonyl (C=O) groups is 3. The van der Waals surface area contributed by atoms with Gasteiger partial charge in [-0.3, -0.25) is 19.3 Å². The van der Waals surface area contributed by atoms with Crippen LogP contribution in [-0.2, 0) is 14.4 Å². The van der Waals surface area contributed by atoms with Crippen molar-refractivity contribution in [2.75, 3.05) is 4.90 Å². The van der Waals surface area contributed by atoms with Crippen LogP contribution in [0, 0.1) is 24.2 Å². The lowest BCUT2D eigenvalue weighted by Gasteiger charge is -2.32. The summed E-state index contributed by atoms with van der Waals surface area (Å²) >= 11 is 0. The molecule has 1 aliphatic carbocycles. The van der Waals surface area contributed by atoms with Gasteiger partial charge in [-0.05, 0) is 48.4 Å². The van der Waals surface area contributed by atoms with Crippen LogP contribution < -0.4 is 9.64 Å². The number of ether oxygens (including phenoxy) is 1. The van der Waals surface area contributed by atoms with E-state index in [0.29, 0.717) is 18.0 Å². The lowest BCUT2D eigenvalue weighted by Crippen LogP contribution is -2.32. The summed E-state index contributed by atoms with van der Waals surface area (Å²) in [5, 5.41) is 7.94. The second-order valence-electron chi connectivity index (χ2n) is 9.69. The highest BCUT2D eigenvalue weighted by Crippen LogP contribution is 2.42. The van der Waals surface area contributed by atoms with E-state index >= 15 is 0 Å². The van der Waals surface area contributed by atoms with Gasteiger partial charge in [0.2, 0.25) is 11.7 Å². The van der Waals surface area contributed by atoms with Crippen LogP contribution in [0.5, 0.6) is 5.88 Å². The van der Waals surface area contributed by atoms with Crippen molar-refractivity contribution in [3.05, 3.63) is 65.5 Å². The van der Waals surface area contributed by atoms with E-state index in [0.717, 1.165) is 17.2 Å². The van der Waals surface area contributed by atoms with Crippen LogP contribution >= 0.6 is 0 Å². The van der Waals surface area contributed by atoms with Crippen molar-refractivity contribution >= 4 is 23.3 Å². The average molecular weight is 515 g/mol. The van der Waals surface area contributed by atoms with Crippen molar-refractivity contribution < 1.29 is 32.3 Å². The first-order valence-corrected chi connectivity index (χ1v) is 11.6. The molecule has 3 heterocycles.